The van der Waals surface area contributed by atoms with Gasteiger partial charge in [0.2, 0.25) is 0 Å². The highest BCUT2D eigenvalue weighted by atomic mass is 16.5. The Morgan fingerprint density at radius 3 is 2.21 bits per heavy atom. The normalized spacial score (nSPS) is 19.9. The predicted octanol–water partition coefficient (Wildman–Crippen LogP) is 4.53. The molecule has 0 saturated carbocycles. The van der Waals surface area contributed by atoms with E-state index in [0.717, 1.165) is 32.1 Å². The quantitative estimate of drug-likeness (QED) is 0.269. The smallest absolute Gasteiger partial charge is 0.321 e. The Kier molecular flexibility index (Phi) is 14.9. The zero-order valence-electron chi connectivity index (χ0n) is 18.4. The Balaban J connectivity index is 1.93. The van der Waals surface area contributed by atoms with E-state index in [1.807, 2.05) is 4.90 Å². The molecule has 0 aliphatic carbocycles. The molecule has 6 heteroatoms. The predicted molar refractivity (Wildman–Crippen MR) is 115 cm³/mol. The van der Waals surface area contributed by atoms with Gasteiger partial charge in [-0.25, -0.2) is 0 Å². The molecule has 0 amide bonds. The molecule has 170 valence electrons. The maximum atomic E-state index is 11.8. The molecule has 1 aliphatic rings. The minimum absolute atomic E-state index is 0.117. The number of aliphatic hydroxyl groups excluding tert-OH is 1. The zero-order valence-corrected chi connectivity index (χ0v) is 18.4. The first kappa shape index (κ1) is 25.9. The minimum Gasteiger partial charge on any atom is -0.480 e. The first-order chi connectivity index (χ1) is 14.0. The van der Waals surface area contributed by atoms with Crippen molar-refractivity contribution in [2.75, 3.05) is 19.7 Å². The van der Waals surface area contributed by atoms with Gasteiger partial charge in [0.15, 0.2) is 0 Å². The molecule has 0 spiro atoms. The van der Waals surface area contributed by atoms with Gasteiger partial charge in [0.1, 0.15) is 6.04 Å². The Hall–Kier alpha value is -1.14. The number of rotatable bonds is 17. The van der Waals surface area contributed by atoms with Crippen LogP contribution in [0, 0.1) is 0 Å². The van der Waals surface area contributed by atoms with E-state index in [1.54, 1.807) is 0 Å². The second-order valence-electron chi connectivity index (χ2n) is 8.43. The molecule has 2 N–H and O–H groups in total. The molecule has 2 atom stereocenters. The summed E-state index contributed by atoms with van der Waals surface area (Å²) >= 11 is 0. The Bertz CT molecular complexity index is 443. The first-order valence-electron chi connectivity index (χ1n) is 11.8. The number of likely N-dealkylation sites (tertiary alicyclic amines) is 1. The fourth-order valence-corrected chi connectivity index (χ4v) is 3.95. The zero-order chi connectivity index (χ0) is 21.3. The van der Waals surface area contributed by atoms with Crippen molar-refractivity contribution in [1.29, 1.82) is 0 Å². The minimum atomic E-state index is -0.858. The molecule has 0 aromatic heterocycles. The van der Waals surface area contributed by atoms with Crippen molar-refractivity contribution in [3.05, 3.63) is 0 Å². The fourth-order valence-electron chi connectivity index (χ4n) is 3.95. The molecule has 1 fully saturated rings. The van der Waals surface area contributed by atoms with Crippen molar-refractivity contribution >= 4 is 11.9 Å². The molecule has 1 aliphatic heterocycles. The first-order valence-corrected chi connectivity index (χ1v) is 11.8. The summed E-state index contributed by atoms with van der Waals surface area (Å²) in [5.41, 5.74) is 0. The Morgan fingerprint density at radius 2 is 1.55 bits per heavy atom. The molecular formula is C23H43NO5. The molecule has 29 heavy (non-hydrogen) atoms. The number of unbranched alkanes of at least 4 members (excludes halogenated alkanes) is 10. The highest BCUT2D eigenvalue weighted by Gasteiger charge is 2.31. The summed E-state index contributed by atoms with van der Waals surface area (Å²) in [7, 11) is 0. The van der Waals surface area contributed by atoms with E-state index in [-0.39, 0.29) is 5.97 Å². The van der Waals surface area contributed by atoms with E-state index < -0.39 is 18.1 Å². The van der Waals surface area contributed by atoms with Gasteiger partial charge in [-0.05, 0) is 38.6 Å². The van der Waals surface area contributed by atoms with Crippen molar-refractivity contribution < 1.29 is 24.5 Å². The lowest BCUT2D eigenvalue weighted by Crippen LogP contribution is -2.48. The van der Waals surface area contributed by atoms with Crippen LogP contribution in [0.15, 0.2) is 0 Å². The van der Waals surface area contributed by atoms with Gasteiger partial charge in [0.05, 0.1) is 12.7 Å². The lowest BCUT2D eigenvalue weighted by molar-refractivity contribution is -0.146. The second kappa shape index (κ2) is 16.6. The summed E-state index contributed by atoms with van der Waals surface area (Å²) in [5, 5.41) is 18.9. The van der Waals surface area contributed by atoms with Crippen molar-refractivity contribution in [1.82, 2.24) is 4.90 Å². The SMILES string of the molecule is CCCCCCCCCCCOC(=O)CCCCCN1CC[C@H](O)C[C@H]1C(=O)O. The molecule has 0 radical (unpaired) electrons. The number of carbonyl (C=O) groups excluding carboxylic acids is 1. The molecule has 1 heterocycles. The van der Waals surface area contributed by atoms with Crippen LogP contribution in [0.2, 0.25) is 0 Å². The molecule has 0 aromatic carbocycles. The number of esters is 1. The number of hydrogen-bond acceptors (Lipinski definition) is 5. The van der Waals surface area contributed by atoms with Gasteiger partial charge in [0.25, 0.3) is 0 Å². The number of hydrogen-bond donors (Lipinski definition) is 2. The van der Waals surface area contributed by atoms with E-state index >= 15 is 0 Å². The van der Waals surface area contributed by atoms with Crippen molar-refractivity contribution in [2.24, 2.45) is 0 Å². The van der Waals surface area contributed by atoms with Crippen LogP contribution in [-0.4, -0.2) is 58.9 Å². The summed E-state index contributed by atoms with van der Waals surface area (Å²) in [6.45, 7) is 4.10. The maximum absolute atomic E-state index is 11.8. The van der Waals surface area contributed by atoms with Gasteiger partial charge in [-0.2, -0.15) is 0 Å². The van der Waals surface area contributed by atoms with Gasteiger partial charge < -0.3 is 14.9 Å². The number of piperidine rings is 1. The Labute approximate surface area is 177 Å². The van der Waals surface area contributed by atoms with Crippen LogP contribution in [0.1, 0.15) is 103 Å². The van der Waals surface area contributed by atoms with Crippen LogP contribution in [0.4, 0.5) is 0 Å². The number of nitrogens with zero attached hydrogens (tertiary/aromatic N) is 1. The van der Waals surface area contributed by atoms with Gasteiger partial charge in [-0.3, -0.25) is 14.5 Å². The van der Waals surface area contributed by atoms with Crippen LogP contribution in [0.3, 0.4) is 0 Å². The van der Waals surface area contributed by atoms with Crippen LogP contribution >= 0.6 is 0 Å². The lowest BCUT2D eigenvalue weighted by Gasteiger charge is -2.35. The van der Waals surface area contributed by atoms with E-state index in [0.29, 0.717) is 39.0 Å². The topological polar surface area (TPSA) is 87.1 Å². The number of carboxylic acid groups (broad SMARTS) is 1. The average Bonchev–Trinajstić information content (AvgIpc) is 2.70. The third kappa shape index (κ3) is 12.9. The number of carbonyl (C=O) groups is 2. The van der Waals surface area contributed by atoms with Crippen LogP contribution in [-0.2, 0) is 14.3 Å². The largest absolute Gasteiger partial charge is 0.480 e. The maximum Gasteiger partial charge on any atom is 0.321 e. The molecule has 6 nitrogen and oxygen atoms in total. The van der Waals surface area contributed by atoms with Gasteiger partial charge in [0, 0.05) is 13.0 Å². The van der Waals surface area contributed by atoms with Crippen LogP contribution in [0.25, 0.3) is 0 Å². The summed E-state index contributed by atoms with van der Waals surface area (Å²) in [6, 6.07) is -0.583. The third-order valence-electron chi connectivity index (χ3n) is 5.81. The van der Waals surface area contributed by atoms with Crippen LogP contribution < -0.4 is 0 Å². The summed E-state index contributed by atoms with van der Waals surface area (Å²) in [4.78, 5) is 25.0. The van der Waals surface area contributed by atoms with Crippen LogP contribution in [0.5, 0.6) is 0 Å². The number of aliphatic hydroxyl groups is 1. The molecule has 0 bridgehead atoms. The van der Waals surface area contributed by atoms with E-state index in [9.17, 15) is 19.8 Å². The highest BCUT2D eigenvalue weighted by molar-refractivity contribution is 5.73. The summed E-state index contributed by atoms with van der Waals surface area (Å²) in [5.74, 6) is -0.974. The Morgan fingerprint density at radius 1 is 0.931 bits per heavy atom. The second-order valence-corrected chi connectivity index (χ2v) is 8.43. The van der Waals surface area contributed by atoms with E-state index in [4.69, 9.17) is 4.74 Å². The lowest BCUT2D eigenvalue weighted by atomic mass is 9.99. The van der Waals surface area contributed by atoms with Gasteiger partial charge in [-0.1, -0.05) is 64.7 Å². The van der Waals surface area contributed by atoms with E-state index in [2.05, 4.69) is 6.92 Å². The molecule has 1 rings (SSSR count). The molecular weight excluding hydrogens is 370 g/mol. The van der Waals surface area contributed by atoms with E-state index in [1.165, 1.54) is 44.9 Å². The summed E-state index contributed by atoms with van der Waals surface area (Å²) < 4.78 is 5.30. The van der Waals surface area contributed by atoms with Crippen molar-refractivity contribution in [2.45, 2.75) is 115 Å². The fraction of sp³-hybridized carbons (Fsp3) is 0.913. The highest BCUT2D eigenvalue weighted by Crippen LogP contribution is 2.19. The van der Waals surface area contributed by atoms with Gasteiger partial charge >= 0.3 is 11.9 Å². The third-order valence-corrected chi connectivity index (χ3v) is 5.81. The van der Waals surface area contributed by atoms with Crippen molar-refractivity contribution in [3.8, 4) is 0 Å². The number of aliphatic carboxylic acids is 1. The molecule has 0 unspecified atom stereocenters. The monoisotopic (exact) mass is 413 g/mol. The van der Waals surface area contributed by atoms with Crippen molar-refractivity contribution in [3.63, 3.8) is 0 Å². The number of ether oxygens (including phenoxy) is 1. The molecule has 1 saturated heterocycles. The standard InChI is InChI=1S/C23H43NO5/c1-2-3-4-5-6-7-8-9-13-18-29-22(26)14-11-10-12-16-24-17-15-20(25)19-21(24)23(27)28/h20-21,25H,2-19H2,1H3,(H,27,28)/t20-,21-/m0/s1. The number of carboxylic acids is 1. The summed E-state index contributed by atoms with van der Waals surface area (Å²) in [6.07, 6.45) is 14.7. The van der Waals surface area contributed by atoms with Gasteiger partial charge in [-0.15, -0.1) is 0 Å². The average molecular weight is 414 g/mol. The molecule has 0 aromatic rings.